The molecule has 0 saturated heterocycles. The first-order valence-corrected chi connectivity index (χ1v) is 6.20. The minimum atomic E-state index is 0.198. The lowest BCUT2D eigenvalue weighted by molar-refractivity contribution is 0.936. The largest absolute Gasteiger partial charge is 0.223 e. The molecule has 1 atom stereocenters. The van der Waals surface area contributed by atoms with Crippen LogP contribution in [0.2, 0.25) is 0 Å². The highest BCUT2D eigenvalue weighted by Gasteiger charge is 2.00. The fraction of sp³-hybridized carbons (Fsp3) is 0.125. The van der Waals surface area contributed by atoms with Crippen molar-refractivity contribution in [2.45, 2.75) is 12.8 Å². The zero-order chi connectivity index (χ0) is 13.1. The molecule has 0 aliphatic carbocycles. The summed E-state index contributed by atoms with van der Waals surface area (Å²) in [6, 6.07) is 14.0. The standard InChI is InChI=1S/C16H13N3/c1-13(14-5-3-2-4-6-14)7-8-15-10-12-19-16(18-15)9-11-17-19/h2-6,9-13H,1H3/t13-/m0/s1. The molecule has 0 N–H and O–H groups in total. The van der Waals surface area contributed by atoms with E-state index in [1.807, 2.05) is 36.5 Å². The molecule has 3 nitrogen and oxygen atoms in total. The molecule has 92 valence electrons. The van der Waals surface area contributed by atoms with Crippen molar-refractivity contribution in [2.24, 2.45) is 0 Å². The molecule has 3 aromatic rings. The molecule has 0 saturated carbocycles. The second-order valence-electron chi connectivity index (χ2n) is 4.35. The molecule has 2 aromatic heterocycles. The Labute approximate surface area is 111 Å². The van der Waals surface area contributed by atoms with Crippen molar-refractivity contribution in [3.8, 4) is 11.8 Å². The van der Waals surface area contributed by atoms with Gasteiger partial charge in [0.25, 0.3) is 0 Å². The van der Waals surface area contributed by atoms with Crippen molar-refractivity contribution in [3.63, 3.8) is 0 Å². The molecule has 0 aliphatic rings. The Morgan fingerprint density at radius 2 is 1.95 bits per heavy atom. The number of hydrogen-bond acceptors (Lipinski definition) is 2. The molecule has 0 aliphatic heterocycles. The van der Waals surface area contributed by atoms with Gasteiger partial charge in [0.1, 0.15) is 5.69 Å². The smallest absolute Gasteiger partial charge is 0.156 e. The summed E-state index contributed by atoms with van der Waals surface area (Å²) in [6.07, 6.45) is 3.60. The Morgan fingerprint density at radius 1 is 1.11 bits per heavy atom. The summed E-state index contributed by atoms with van der Waals surface area (Å²) in [6.45, 7) is 2.10. The Kier molecular flexibility index (Phi) is 2.99. The van der Waals surface area contributed by atoms with Crippen LogP contribution in [-0.4, -0.2) is 14.6 Å². The Hall–Kier alpha value is -2.60. The lowest BCUT2D eigenvalue weighted by atomic mass is 10.0. The third kappa shape index (κ3) is 2.48. The number of nitrogens with zero attached hydrogens (tertiary/aromatic N) is 3. The van der Waals surface area contributed by atoms with Gasteiger partial charge >= 0.3 is 0 Å². The van der Waals surface area contributed by atoms with Gasteiger partial charge in [-0.1, -0.05) is 36.3 Å². The van der Waals surface area contributed by atoms with Crippen molar-refractivity contribution in [3.05, 3.63) is 66.1 Å². The van der Waals surface area contributed by atoms with Crippen LogP contribution in [0.25, 0.3) is 5.65 Å². The van der Waals surface area contributed by atoms with Crippen LogP contribution >= 0.6 is 0 Å². The predicted octanol–water partition coefficient (Wildman–Crippen LogP) is 2.88. The maximum absolute atomic E-state index is 4.43. The van der Waals surface area contributed by atoms with E-state index in [1.165, 1.54) is 5.56 Å². The summed E-state index contributed by atoms with van der Waals surface area (Å²) in [5.74, 6) is 6.55. The van der Waals surface area contributed by atoms with Crippen molar-refractivity contribution in [1.82, 2.24) is 14.6 Å². The van der Waals surface area contributed by atoms with Crippen molar-refractivity contribution < 1.29 is 0 Å². The van der Waals surface area contributed by atoms with Crippen LogP contribution in [0.3, 0.4) is 0 Å². The second-order valence-corrected chi connectivity index (χ2v) is 4.35. The summed E-state index contributed by atoms with van der Waals surface area (Å²) in [7, 11) is 0. The van der Waals surface area contributed by atoms with E-state index in [-0.39, 0.29) is 5.92 Å². The van der Waals surface area contributed by atoms with Crippen LogP contribution in [0.5, 0.6) is 0 Å². The lowest BCUT2D eigenvalue weighted by Crippen LogP contribution is -1.92. The molecule has 3 heteroatoms. The number of fused-ring (bicyclic) bond motifs is 1. The number of benzene rings is 1. The van der Waals surface area contributed by atoms with Gasteiger partial charge in [0.2, 0.25) is 0 Å². The van der Waals surface area contributed by atoms with Gasteiger partial charge in [0, 0.05) is 18.2 Å². The number of rotatable bonds is 1. The minimum absolute atomic E-state index is 0.198. The molecular weight excluding hydrogens is 234 g/mol. The molecule has 1 aromatic carbocycles. The van der Waals surface area contributed by atoms with E-state index in [2.05, 4.69) is 41.0 Å². The maximum atomic E-state index is 4.43. The van der Waals surface area contributed by atoms with Crippen LogP contribution in [0.15, 0.2) is 54.9 Å². The molecule has 3 rings (SSSR count). The highest BCUT2D eigenvalue weighted by atomic mass is 15.2. The van der Waals surface area contributed by atoms with Gasteiger partial charge in [-0.05, 0) is 24.5 Å². The molecule has 0 amide bonds. The number of hydrogen-bond donors (Lipinski definition) is 0. The van der Waals surface area contributed by atoms with E-state index < -0.39 is 0 Å². The summed E-state index contributed by atoms with van der Waals surface area (Å²) in [5, 5.41) is 4.11. The molecule has 2 heterocycles. The minimum Gasteiger partial charge on any atom is -0.223 e. The average molecular weight is 247 g/mol. The highest BCUT2D eigenvalue weighted by molar-refractivity contribution is 5.41. The molecule has 19 heavy (non-hydrogen) atoms. The summed E-state index contributed by atoms with van der Waals surface area (Å²) in [4.78, 5) is 4.43. The van der Waals surface area contributed by atoms with E-state index in [9.17, 15) is 0 Å². The molecule has 0 radical (unpaired) electrons. The zero-order valence-corrected chi connectivity index (χ0v) is 10.6. The summed E-state index contributed by atoms with van der Waals surface area (Å²) in [5.41, 5.74) is 2.82. The molecule has 0 spiro atoms. The van der Waals surface area contributed by atoms with Gasteiger partial charge < -0.3 is 0 Å². The predicted molar refractivity (Wildman–Crippen MR) is 74.7 cm³/mol. The summed E-state index contributed by atoms with van der Waals surface area (Å²) < 4.78 is 1.73. The molecule has 0 fully saturated rings. The van der Waals surface area contributed by atoms with Gasteiger partial charge in [-0.25, -0.2) is 9.50 Å². The monoisotopic (exact) mass is 247 g/mol. The first-order valence-electron chi connectivity index (χ1n) is 6.20. The second kappa shape index (κ2) is 4.95. The van der Waals surface area contributed by atoms with E-state index in [4.69, 9.17) is 0 Å². The lowest BCUT2D eigenvalue weighted by Gasteiger charge is -2.02. The first-order chi connectivity index (χ1) is 9.33. The van der Waals surface area contributed by atoms with Crippen LogP contribution < -0.4 is 0 Å². The van der Waals surface area contributed by atoms with Gasteiger partial charge in [0.05, 0.1) is 6.20 Å². The number of aromatic nitrogens is 3. The third-order valence-electron chi connectivity index (χ3n) is 2.97. The fourth-order valence-electron chi connectivity index (χ4n) is 1.89. The average Bonchev–Trinajstić information content (AvgIpc) is 2.93. The van der Waals surface area contributed by atoms with E-state index in [0.717, 1.165) is 11.3 Å². The van der Waals surface area contributed by atoms with Crippen LogP contribution in [0.1, 0.15) is 24.1 Å². The quantitative estimate of drug-likeness (QED) is 0.619. The Balaban J connectivity index is 1.87. The molecule has 0 unspecified atom stereocenters. The van der Waals surface area contributed by atoms with Crippen molar-refractivity contribution in [2.75, 3.05) is 0 Å². The van der Waals surface area contributed by atoms with Crippen molar-refractivity contribution >= 4 is 5.65 Å². The topological polar surface area (TPSA) is 30.2 Å². The maximum Gasteiger partial charge on any atom is 0.156 e. The van der Waals surface area contributed by atoms with Gasteiger partial charge in [-0.2, -0.15) is 5.10 Å². The van der Waals surface area contributed by atoms with Crippen LogP contribution in [0, 0.1) is 11.8 Å². The highest BCUT2D eigenvalue weighted by Crippen LogP contribution is 2.13. The SMILES string of the molecule is C[C@@H](C#Cc1ccn2nccc2n1)c1ccccc1. The van der Waals surface area contributed by atoms with Gasteiger partial charge in [-0.15, -0.1) is 0 Å². The van der Waals surface area contributed by atoms with E-state index in [1.54, 1.807) is 10.7 Å². The van der Waals surface area contributed by atoms with Crippen LogP contribution in [-0.2, 0) is 0 Å². The molecule has 0 bridgehead atoms. The molecular formula is C16H13N3. The Bertz CT molecular complexity index is 748. The van der Waals surface area contributed by atoms with Gasteiger partial charge in [0.15, 0.2) is 5.65 Å². The normalized spacial score (nSPS) is 11.8. The van der Waals surface area contributed by atoms with Crippen molar-refractivity contribution in [1.29, 1.82) is 0 Å². The first kappa shape index (κ1) is 11.5. The van der Waals surface area contributed by atoms with E-state index >= 15 is 0 Å². The summed E-state index contributed by atoms with van der Waals surface area (Å²) >= 11 is 0. The van der Waals surface area contributed by atoms with E-state index in [0.29, 0.717) is 0 Å². The van der Waals surface area contributed by atoms with Gasteiger partial charge in [-0.3, -0.25) is 0 Å². The van der Waals surface area contributed by atoms with Crippen LogP contribution in [0.4, 0.5) is 0 Å². The fourth-order valence-corrected chi connectivity index (χ4v) is 1.89. The Morgan fingerprint density at radius 3 is 2.79 bits per heavy atom. The third-order valence-corrected chi connectivity index (χ3v) is 2.97. The zero-order valence-electron chi connectivity index (χ0n) is 10.6.